The van der Waals surface area contributed by atoms with Crippen molar-refractivity contribution in [2.45, 2.75) is 0 Å². The Morgan fingerprint density at radius 1 is 1.33 bits per heavy atom. The number of aromatic nitrogens is 1. The highest BCUT2D eigenvalue weighted by molar-refractivity contribution is 5.98. The van der Waals surface area contributed by atoms with E-state index in [1.165, 1.54) is 20.3 Å². The third-order valence-corrected chi connectivity index (χ3v) is 2.91. The van der Waals surface area contributed by atoms with Crippen molar-refractivity contribution in [3.8, 4) is 11.8 Å². The van der Waals surface area contributed by atoms with E-state index < -0.39 is 11.5 Å². The summed E-state index contributed by atoms with van der Waals surface area (Å²) in [6.07, 6.45) is 1.20. The van der Waals surface area contributed by atoms with Crippen molar-refractivity contribution in [3.05, 3.63) is 45.8 Å². The van der Waals surface area contributed by atoms with Crippen LogP contribution in [0.15, 0.2) is 34.6 Å². The maximum atomic E-state index is 12.0. The zero-order chi connectivity index (χ0) is 15.4. The largest absolute Gasteiger partial charge is 0.497 e. The van der Waals surface area contributed by atoms with Gasteiger partial charge in [0.25, 0.3) is 5.56 Å². The average Bonchev–Trinajstić information content (AvgIpc) is 2.51. The predicted octanol–water partition coefficient (Wildman–Crippen LogP) is 1.62. The monoisotopic (exact) mass is 284 g/mol. The lowest BCUT2D eigenvalue weighted by molar-refractivity contribution is -0.135. The number of aromatic amines is 1. The summed E-state index contributed by atoms with van der Waals surface area (Å²) in [7, 11) is 2.70. The number of benzene rings is 1. The molecule has 1 aromatic heterocycles. The lowest BCUT2D eigenvalue weighted by Gasteiger charge is -2.03. The van der Waals surface area contributed by atoms with E-state index >= 15 is 0 Å². The lowest BCUT2D eigenvalue weighted by Crippen LogP contribution is -2.11. The first-order chi connectivity index (χ1) is 10.1. The number of ether oxygens (including phenoxy) is 2. The quantitative estimate of drug-likeness (QED) is 0.525. The molecule has 0 saturated heterocycles. The van der Waals surface area contributed by atoms with Gasteiger partial charge >= 0.3 is 5.97 Å². The summed E-state index contributed by atoms with van der Waals surface area (Å²) < 4.78 is 9.56. The highest BCUT2D eigenvalue weighted by atomic mass is 16.5. The van der Waals surface area contributed by atoms with Gasteiger partial charge in [0.05, 0.1) is 19.7 Å². The highest BCUT2D eigenvalue weighted by Crippen LogP contribution is 2.19. The number of rotatable bonds is 3. The maximum absolute atomic E-state index is 12.0. The van der Waals surface area contributed by atoms with Gasteiger partial charge in [-0.15, -0.1) is 0 Å². The third kappa shape index (κ3) is 2.92. The van der Waals surface area contributed by atoms with Crippen molar-refractivity contribution in [1.82, 2.24) is 4.98 Å². The Kier molecular flexibility index (Phi) is 4.05. The van der Waals surface area contributed by atoms with E-state index in [-0.39, 0.29) is 11.1 Å². The number of H-pyrrole nitrogens is 1. The van der Waals surface area contributed by atoms with Gasteiger partial charge in [-0.3, -0.25) is 4.79 Å². The fraction of sp³-hybridized carbons (Fsp3) is 0.133. The molecule has 0 spiro atoms. The van der Waals surface area contributed by atoms with Crippen LogP contribution in [0.3, 0.4) is 0 Å². The Labute approximate surface area is 120 Å². The number of nitrogens with zero attached hydrogens (tertiary/aromatic N) is 1. The van der Waals surface area contributed by atoms with Crippen molar-refractivity contribution in [1.29, 1.82) is 5.26 Å². The Morgan fingerprint density at radius 3 is 2.71 bits per heavy atom. The predicted molar refractivity (Wildman–Crippen MR) is 76.7 cm³/mol. The minimum atomic E-state index is -0.785. The van der Waals surface area contributed by atoms with Crippen LogP contribution in [0.5, 0.6) is 5.75 Å². The number of fused-ring (bicyclic) bond motifs is 1. The van der Waals surface area contributed by atoms with Gasteiger partial charge in [-0.05, 0) is 29.7 Å². The fourth-order valence-electron chi connectivity index (χ4n) is 1.83. The Balaban J connectivity index is 2.59. The van der Waals surface area contributed by atoms with E-state index in [0.29, 0.717) is 11.3 Å². The van der Waals surface area contributed by atoms with Crippen LogP contribution >= 0.6 is 0 Å². The smallest absolute Gasteiger partial charge is 0.348 e. The molecule has 0 atom stereocenters. The molecule has 0 fully saturated rings. The second-order valence-corrected chi connectivity index (χ2v) is 4.17. The van der Waals surface area contributed by atoms with Crippen LogP contribution in [0.2, 0.25) is 0 Å². The van der Waals surface area contributed by atoms with Crippen LogP contribution in [0.4, 0.5) is 0 Å². The minimum absolute atomic E-state index is 0.203. The number of hydrogen-bond acceptors (Lipinski definition) is 5. The first-order valence-electron chi connectivity index (χ1n) is 6.00. The Hall–Kier alpha value is -3.07. The van der Waals surface area contributed by atoms with E-state index in [9.17, 15) is 9.59 Å². The van der Waals surface area contributed by atoms with Gasteiger partial charge in [-0.1, -0.05) is 0 Å². The number of pyridine rings is 1. The Morgan fingerprint density at radius 2 is 2.10 bits per heavy atom. The fourth-order valence-corrected chi connectivity index (χ4v) is 1.83. The Bertz CT molecular complexity index is 828. The standard InChI is InChI=1S/C15H12N2O4/c1-20-12-4-3-9-5-10(14(18)17-13(9)7-12)6-11(8-16)15(19)21-2/h3-7H,1-2H3,(H,17,18). The van der Waals surface area contributed by atoms with Crippen molar-refractivity contribution < 1.29 is 14.3 Å². The molecule has 6 nitrogen and oxygen atoms in total. The van der Waals surface area contributed by atoms with E-state index in [1.54, 1.807) is 30.3 Å². The summed E-state index contributed by atoms with van der Waals surface area (Å²) >= 11 is 0. The molecule has 6 heteroatoms. The molecule has 1 heterocycles. The van der Waals surface area contributed by atoms with E-state index in [1.807, 2.05) is 0 Å². The number of methoxy groups -OCH3 is 2. The summed E-state index contributed by atoms with van der Waals surface area (Å²) in [6.45, 7) is 0. The van der Waals surface area contributed by atoms with Gasteiger partial charge < -0.3 is 14.5 Å². The topological polar surface area (TPSA) is 92.2 Å². The van der Waals surface area contributed by atoms with Gasteiger partial charge in [0, 0.05) is 11.6 Å². The van der Waals surface area contributed by atoms with E-state index in [4.69, 9.17) is 10.00 Å². The van der Waals surface area contributed by atoms with Crippen molar-refractivity contribution in [2.75, 3.05) is 14.2 Å². The maximum Gasteiger partial charge on any atom is 0.348 e. The molecule has 106 valence electrons. The SMILES string of the molecule is COC(=O)C(C#N)=Cc1cc2ccc(OC)cc2[nH]c1=O. The molecule has 1 N–H and O–H groups in total. The van der Waals surface area contributed by atoms with E-state index in [0.717, 1.165) is 5.39 Å². The van der Waals surface area contributed by atoms with Crippen molar-refractivity contribution in [2.24, 2.45) is 0 Å². The van der Waals surface area contributed by atoms with Gasteiger partial charge in [-0.2, -0.15) is 5.26 Å². The summed E-state index contributed by atoms with van der Waals surface area (Å²) in [6, 6.07) is 8.51. The van der Waals surface area contributed by atoms with Gasteiger partial charge in [0.2, 0.25) is 0 Å². The number of carbonyl (C=O) groups excluding carboxylic acids is 1. The molecule has 0 unspecified atom stereocenters. The molecule has 2 rings (SSSR count). The first kappa shape index (κ1) is 14.3. The molecule has 0 radical (unpaired) electrons. The number of nitriles is 1. The molecule has 1 aromatic carbocycles. The molecule has 21 heavy (non-hydrogen) atoms. The molecule has 0 bridgehead atoms. The first-order valence-corrected chi connectivity index (χ1v) is 6.00. The summed E-state index contributed by atoms with van der Waals surface area (Å²) in [5.74, 6) is -0.166. The van der Waals surface area contributed by atoms with Gasteiger partial charge in [-0.25, -0.2) is 4.79 Å². The second kappa shape index (κ2) is 5.92. The lowest BCUT2D eigenvalue weighted by atomic mass is 10.1. The molecular formula is C15H12N2O4. The zero-order valence-corrected chi connectivity index (χ0v) is 11.5. The molecule has 0 aliphatic heterocycles. The van der Waals surface area contributed by atoms with Gasteiger partial charge in [0.15, 0.2) is 0 Å². The molecule has 0 aliphatic rings. The van der Waals surface area contributed by atoms with Crippen LogP contribution in [-0.2, 0) is 9.53 Å². The highest BCUT2D eigenvalue weighted by Gasteiger charge is 2.10. The van der Waals surface area contributed by atoms with Crippen LogP contribution in [0, 0.1) is 11.3 Å². The summed E-state index contributed by atoms with van der Waals surface area (Å²) in [5.41, 5.74) is 0.158. The third-order valence-electron chi connectivity index (χ3n) is 2.91. The molecule has 2 aromatic rings. The van der Waals surface area contributed by atoms with Crippen molar-refractivity contribution in [3.63, 3.8) is 0 Å². The molecule has 0 saturated carbocycles. The van der Waals surface area contributed by atoms with Crippen LogP contribution in [0.1, 0.15) is 5.56 Å². The van der Waals surface area contributed by atoms with Crippen LogP contribution in [-0.4, -0.2) is 25.2 Å². The molecule has 0 amide bonds. The number of carbonyl (C=O) groups is 1. The molecule has 0 aliphatic carbocycles. The average molecular weight is 284 g/mol. The summed E-state index contributed by atoms with van der Waals surface area (Å²) in [5, 5.41) is 9.67. The molecular weight excluding hydrogens is 272 g/mol. The van der Waals surface area contributed by atoms with Gasteiger partial charge in [0.1, 0.15) is 17.4 Å². The normalized spacial score (nSPS) is 11.0. The van der Waals surface area contributed by atoms with Crippen LogP contribution < -0.4 is 10.3 Å². The van der Waals surface area contributed by atoms with E-state index in [2.05, 4.69) is 9.72 Å². The zero-order valence-electron chi connectivity index (χ0n) is 11.5. The number of hydrogen-bond donors (Lipinski definition) is 1. The van der Waals surface area contributed by atoms with Crippen molar-refractivity contribution >= 4 is 22.9 Å². The number of nitrogens with one attached hydrogen (secondary N) is 1. The number of esters is 1. The summed E-state index contributed by atoms with van der Waals surface area (Å²) in [4.78, 5) is 26.0. The van der Waals surface area contributed by atoms with Crippen LogP contribution in [0.25, 0.3) is 17.0 Å². The minimum Gasteiger partial charge on any atom is -0.497 e. The second-order valence-electron chi connectivity index (χ2n) is 4.17.